The molecule has 9 heteroatoms. The van der Waals surface area contributed by atoms with Crippen LogP contribution in [0.5, 0.6) is 0 Å². The van der Waals surface area contributed by atoms with Crippen molar-refractivity contribution in [1.82, 2.24) is 9.55 Å². The SMILES string of the molecule is CC(C)(C)[Si](OC[C@H]1O[C@@H](n2ccc(=O)[nH]c2=O)[C@@H]2CC(=O)O[C@@H]21)(c1ccccc1)c1ccccc1. The summed E-state index contributed by atoms with van der Waals surface area (Å²) in [6.45, 7) is 6.76. The molecule has 1 aromatic heterocycles. The Bertz CT molecular complexity index is 1310. The van der Waals surface area contributed by atoms with Gasteiger partial charge in [-0.2, -0.15) is 0 Å². The molecule has 2 aromatic carbocycles. The molecule has 0 bridgehead atoms. The van der Waals surface area contributed by atoms with Gasteiger partial charge in [-0.15, -0.1) is 0 Å². The number of carbonyl (C=O) groups is 1. The number of aromatic nitrogens is 2. The lowest BCUT2D eigenvalue weighted by Gasteiger charge is -2.43. The average molecular weight is 507 g/mol. The van der Waals surface area contributed by atoms with Crippen molar-refractivity contribution >= 4 is 24.7 Å². The van der Waals surface area contributed by atoms with E-state index in [0.29, 0.717) is 0 Å². The number of rotatable bonds is 6. The number of aromatic amines is 1. The van der Waals surface area contributed by atoms with Crippen molar-refractivity contribution < 1.29 is 18.7 Å². The van der Waals surface area contributed by atoms with E-state index in [1.165, 1.54) is 16.8 Å². The zero-order chi connectivity index (χ0) is 25.5. The first-order valence-electron chi connectivity index (χ1n) is 12.1. The van der Waals surface area contributed by atoms with Gasteiger partial charge in [0.05, 0.1) is 18.9 Å². The van der Waals surface area contributed by atoms with E-state index >= 15 is 0 Å². The lowest BCUT2D eigenvalue weighted by Crippen LogP contribution is -2.67. The van der Waals surface area contributed by atoms with Gasteiger partial charge in [-0.05, 0) is 15.4 Å². The van der Waals surface area contributed by atoms with Gasteiger partial charge < -0.3 is 13.9 Å². The van der Waals surface area contributed by atoms with Crippen LogP contribution in [0, 0.1) is 5.92 Å². The molecule has 2 fully saturated rings. The molecule has 0 saturated carbocycles. The second kappa shape index (κ2) is 9.31. The molecule has 3 heterocycles. The highest BCUT2D eigenvalue weighted by Gasteiger charge is 2.55. The Kier molecular flexibility index (Phi) is 6.32. The van der Waals surface area contributed by atoms with E-state index in [0.717, 1.165) is 10.4 Å². The largest absolute Gasteiger partial charge is 0.459 e. The van der Waals surface area contributed by atoms with Gasteiger partial charge in [0.1, 0.15) is 18.4 Å². The minimum absolute atomic E-state index is 0.136. The summed E-state index contributed by atoms with van der Waals surface area (Å²) in [6, 6.07) is 21.8. The molecule has 5 rings (SSSR count). The van der Waals surface area contributed by atoms with Crippen LogP contribution in [-0.4, -0.2) is 42.7 Å². The molecule has 188 valence electrons. The summed E-state index contributed by atoms with van der Waals surface area (Å²) < 4.78 is 20.3. The summed E-state index contributed by atoms with van der Waals surface area (Å²) in [6.07, 6.45) is -0.307. The Morgan fingerprint density at radius 2 is 1.58 bits per heavy atom. The average Bonchev–Trinajstić information content (AvgIpc) is 3.38. The molecule has 2 saturated heterocycles. The Morgan fingerprint density at radius 3 is 2.14 bits per heavy atom. The van der Waals surface area contributed by atoms with E-state index in [4.69, 9.17) is 13.9 Å². The highest BCUT2D eigenvalue weighted by molar-refractivity contribution is 6.99. The molecule has 2 aliphatic rings. The predicted molar refractivity (Wildman–Crippen MR) is 137 cm³/mol. The van der Waals surface area contributed by atoms with E-state index in [9.17, 15) is 14.4 Å². The monoisotopic (exact) mass is 506 g/mol. The molecule has 3 aromatic rings. The van der Waals surface area contributed by atoms with Gasteiger partial charge in [0.15, 0.2) is 0 Å². The third-order valence-corrected chi connectivity index (χ3v) is 12.1. The highest BCUT2D eigenvalue weighted by atomic mass is 28.4. The van der Waals surface area contributed by atoms with Crippen LogP contribution in [0.15, 0.2) is 82.5 Å². The van der Waals surface area contributed by atoms with E-state index < -0.39 is 38.0 Å². The summed E-state index contributed by atoms with van der Waals surface area (Å²) >= 11 is 0. The molecule has 0 radical (unpaired) electrons. The van der Waals surface area contributed by atoms with E-state index in [2.05, 4.69) is 50.0 Å². The molecule has 8 nitrogen and oxygen atoms in total. The fraction of sp³-hybridized carbons (Fsp3) is 0.370. The first kappa shape index (κ1) is 24.4. The number of nitrogens with zero attached hydrogens (tertiary/aromatic N) is 1. The summed E-state index contributed by atoms with van der Waals surface area (Å²) in [5.74, 6) is -0.680. The fourth-order valence-electron chi connectivity index (χ4n) is 5.57. The molecular weight excluding hydrogens is 476 g/mol. The fourth-order valence-corrected chi connectivity index (χ4v) is 10.1. The molecule has 2 aliphatic heterocycles. The normalized spacial score (nSPS) is 23.9. The first-order valence-corrected chi connectivity index (χ1v) is 14.0. The van der Waals surface area contributed by atoms with Gasteiger partial charge in [0.25, 0.3) is 13.9 Å². The Balaban J connectivity index is 1.51. The number of carbonyl (C=O) groups excluding carboxylic acids is 1. The van der Waals surface area contributed by atoms with Crippen molar-refractivity contribution in [3.63, 3.8) is 0 Å². The number of ether oxygens (including phenoxy) is 2. The van der Waals surface area contributed by atoms with Crippen LogP contribution in [0.1, 0.15) is 33.4 Å². The Labute approximate surface area is 210 Å². The van der Waals surface area contributed by atoms with Gasteiger partial charge in [-0.3, -0.25) is 19.1 Å². The molecule has 0 amide bonds. The number of esters is 1. The van der Waals surface area contributed by atoms with Crippen molar-refractivity contribution in [2.75, 3.05) is 6.61 Å². The minimum atomic E-state index is -2.83. The van der Waals surface area contributed by atoms with Crippen molar-refractivity contribution in [2.24, 2.45) is 5.92 Å². The van der Waals surface area contributed by atoms with Crippen LogP contribution >= 0.6 is 0 Å². The van der Waals surface area contributed by atoms with Crippen molar-refractivity contribution in [3.05, 3.63) is 93.8 Å². The van der Waals surface area contributed by atoms with Crippen molar-refractivity contribution in [2.45, 2.75) is 50.7 Å². The lowest BCUT2D eigenvalue weighted by atomic mass is 9.99. The predicted octanol–water partition coefficient (Wildman–Crippen LogP) is 1.94. The Hall–Kier alpha value is -3.27. The van der Waals surface area contributed by atoms with E-state index in [-0.39, 0.29) is 30.0 Å². The van der Waals surface area contributed by atoms with Gasteiger partial charge in [0.2, 0.25) is 0 Å². The Morgan fingerprint density at radius 1 is 0.972 bits per heavy atom. The van der Waals surface area contributed by atoms with Crippen LogP contribution < -0.4 is 21.6 Å². The highest BCUT2D eigenvalue weighted by Crippen LogP contribution is 2.44. The molecule has 1 N–H and O–H groups in total. The molecule has 0 spiro atoms. The molecule has 4 atom stereocenters. The second-order valence-electron chi connectivity index (χ2n) is 10.4. The van der Waals surface area contributed by atoms with Crippen LogP contribution in [0.3, 0.4) is 0 Å². The van der Waals surface area contributed by atoms with Crippen molar-refractivity contribution in [1.29, 1.82) is 0 Å². The van der Waals surface area contributed by atoms with Gasteiger partial charge in [-0.1, -0.05) is 81.4 Å². The van der Waals surface area contributed by atoms with Crippen LogP contribution in [-0.2, 0) is 18.7 Å². The third-order valence-electron chi connectivity index (χ3n) is 7.15. The molecule has 0 aliphatic carbocycles. The zero-order valence-electron chi connectivity index (χ0n) is 20.5. The quantitative estimate of drug-likeness (QED) is 0.405. The van der Waals surface area contributed by atoms with Crippen LogP contribution in [0.4, 0.5) is 0 Å². The minimum Gasteiger partial charge on any atom is -0.459 e. The number of fused-ring (bicyclic) bond motifs is 1. The van der Waals surface area contributed by atoms with E-state index in [1.54, 1.807) is 0 Å². The maximum absolute atomic E-state index is 12.5. The second-order valence-corrected chi connectivity index (χ2v) is 14.7. The van der Waals surface area contributed by atoms with Crippen molar-refractivity contribution in [3.8, 4) is 0 Å². The molecule has 36 heavy (non-hydrogen) atoms. The molecule has 0 unspecified atom stereocenters. The maximum atomic E-state index is 12.5. The lowest BCUT2D eigenvalue weighted by molar-refractivity contribution is -0.147. The summed E-state index contributed by atoms with van der Waals surface area (Å²) in [4.78, 5) is 38.6. The van der Waals surface area contributed by atoms with E-state index in [1.807, 2.05) is 36.4 Å². The van der Waals surface area contributed by atoms with Crippen LogP contribution in [0.25, 0.3) is 0 Å². The summed E-state index contributed by atoms with van der Waals surface area (Å²) in [5, 5.41) is 2.04. The summed E-state index contributed by atoms with van der Waals surface area (Å²) in [7, 11) is -2.83. The standard InChI is InChI=1S/C27H30N2O6Si/c1-27(2,3)36(18-10-6-4-7-11-18,19-12-8-5-9-13-19)33-17-21-24-20(16-23(31)35-24)25(34-21)29-15-14-22(30)28-26(29)32/h4-15,20-21,24-25H,16-17H2,1-3H3,(H,28,30,32)/t20-,21-,24+,25-/m1/s1. The first-order chi connectivity index (χ1) is 17.2. The number of benzene rings is 2. The topological polar surface area (TPSA) is 99.6 Å². The number of H-pyrrole nitrogens is 1. The summed E-state index contributed by atoms with van der Waals surface area (Å²) in [5.41, 5.74) is -1.07. The maximum Gasteiger partial charge on any atom is 0.330 e. The zero-order valence-corrected chi connectivity index (χ0v) is 21.5. The van der Waals surface area contributed by atoms with Gasteiger partial charge >= 0.3 is 11.7 Å². The number of hydrogen-bond donors (Lipinski definition) is 1. The number of nitrogens with one attached hydrogen (secondary N) is 1. The number of hydrogen-bond acceptors (Lipinski definition) is 6. The molecular formula is C27H30N2O6Si. The third kappa shape index (κ3) is 4.17. The smallest absolute Gasteiger partial charge is 0.330 e. The van der Waals surface area contributed by atoms with Gasteiger partial charge in [0, 0.05) is 12.3 Å². The van der Waals surface area contributed by atoms with Gasteiger partial charge in [-0.25, -0.2) is 4.79 Å². The van der Waals surface area contributed by atoms with Crippen LogP contribution in [0.2, 0.25) is 5.04 Å².